The summed E-state index contributed by atoms with van der Waals surface area (Å²) in [7, 11) is 1.62. The number of fused-ring (bicyclic) bond motifs is 2. The predicted molar refractivity (Wildman–Crippen MR) is 135 cm³/mol. The summed E-state index contributed by atoms with van der Waals surface area (Å²) in [5.41, 5.74) is 0.696. The molecule has 1 saturated heterocycles. The largest absolute Gasteiger partial charge is 0.497 e. The van der Waals surface area contributed by atoms with Crippen LogP contribution in [0.2, 0.25) is 5.02 Å². The Morgan fingerprint density at radius 3 is 2.61 bits per heavy atom. The summed E-state index contributed by atoms with van der Waals surface area (Å²) in [5.74, 6) is 0.569. The standard InChI is InChI=1S/C25H27ClF2N4O3.ClH/c1-35-17-6-7-20-19(9-17)25(12-29-13-25)24(34)32(20)11-14-2-4-16(5-3-14)31-23(33)18-8-15(26)10-30-21(18)22(27)28;/h6-10,14,16,22,29H,2-5,11-13H2,1H3,(H,31,33);1H. The van der Waals surface area contributed by atoms with E-state index in [9.17, 15) is 18.4 Å². The van der Waals surface area contributed by atoms with Crippen LogP contribution < -0.4 is 20.3 Å². The number of amides is 2. The number of ether oxygens (including phenoxy) is 1. The highest BCUT2D eigenvalue weighted by Gasteiger charge is 2.55. The average Bonchev–Trinajstić information content (AvgIpc) is 3.07. The van der Waals surface area contributed by atoms with Crippen LogP contribution in [-0.2, 0) is 10.2 Å². The number of nitrogens with zero attached hydrogens (tertiary/aromatic N) is 2. The van der Waals surface area contributed by atoms with Gasteiger partial charge in [0.15, 0.2) is 0 Å². The van der Waals surface area contributed by atoms with Crippen LogP contribution in [0.1, 0.15) is 53.7 Å². The maximum atomic E-state index is 13.4. The molecule has 36 heavy (non-hydrogen) atoms. The Hall–Kier alpha value is -2.49. The van der Waals surface area contributed by atoms with Crippen LogP contribution in [0.5, 0.6) is 5.75 Å². The highest BCUT2D eigenvalue weighted by Crippen LogP contribution is 2.46. The molecule has 3 aliphatic rings. The van der Waals surface area contributed by atoms with E-state index in [1.807, 2.05) is 23.1 Å². The van der Waals surface area contributed by atoms with E-state index in [1.165, 1.54) is 6.07 Å². The lowest BCUT2D eigenvalue weighted by Crippen LogP contribution is -2.62. The first-order chi connectivity index (χ1) is 16.8. The van der Waals surface area contributed by atoms with Gasteiger partial charge in [0.2, 0.25) is 5.91 Å². The normalized spacial score (nSPS) is 22.1. The second-order valence-electron chi connectivity index (χ2n) is 9.56. The van der Waals surface area contributed by atoms with Gasteiger partial charge in [0.1, 0.15) is 16.9 Å². The van der Waals surface area contributed by atoms with Crippen molar-refractivity contribution >= 4 is 41.5 Å². The first-order valence-electron chi connectivity index (χ1n) is 11.8. The number of aromatic nitrogens is 1. The summed E-state index contributed by atoms with van der Waals surface area (Å²) in [6.45, 7) is 1.87. The van der Waals surface area contributed by atoms with Gasteiger partial charge in [0.05, 0.1) is 17.7 Å². The molecule has 194 valence electrons. The van der Waals surface area contributed by atoms with E-state index in [-0.39, 0.29) is 40.9 Å². The molecule has 2 aliphatic heterocycles. The molecule has 2 N–H and O–H groups in total. The zero-order valence-corrected chi connectivity index (χ0v) is 21.3. The first kappa shape index (κ1) is 26.6. The Balaban J connectivity index is 0.00000304. The fourth-order valence-electron chi connectivity index (χ4n) is 5.46. The summed E-state index contributed by atoms with van der Waals surface area (Å²) >= 11 is 5.88. The molecule has 1 saturated carbocycles. The van der Waals surface area contributed by atoms with Crippen LogP contribution in [0.15, 0.2) is 30.5 Å². The van der Waals surface area contributed by atoms with Gasteiger partial charge in [-0.15, -0.1) is 12.4 Å². The number of carbonyl (C=O) groups excluding carboxylic acids is 2. The van der Waals surface area contributed by atoms with Gasteiger partial charge in [0.25, 0.3) is 12.3 Å². The number of methoxy groups -OCH3 is 1. The van der Waals surface area contributed by atoms with E-state index in [1.54, 1.807) is 7.11 Å². The average molecular weight is 541 g/mol. The second-order valence-corrected chi connectivity index (χ2v) is 10.00. The Morgan fingerprint density at radius 2 is 2.00 bits per heavy atom. The molecule has 1 aromatic heterocycles. The van der Waals surface area contributed by atoms with E-state index in [2.05, 4.69) is 15.6 Å². The molecule has 1 spiro atoms. The number of carbonyl (C=O) groups is 2. The molecule has 3 heterocycles. The van der Waals surface area contributed by atoms with Crippen LogP contribution >= 0.6 is 24.0 Å². The van der Waals surface area contributed by atoms with Crippen LogP contribution in [0.3, 0.4) is 0 Å². The van der Waals surface area contributed by atoms with Crippen molar-refractivity contribution < 1.29 is 23.1 Å². The van der Waals surface area contributed by atoms with Gasteiger partial charge in [-0.2, -0.15) is 0 Å². The molecule has 0 unspecified atom stereocenters. The highest BCUT2D eigenvalue weighted by atomic mass is 35.5. The van der Waals surface area contributed by atoms with Crippen LogP contribution in [0.4, 0.5) is 14.5 Å². The molecule has 2 fully saturated rings. The molecule has 11 heteroatoms. The third-order valence-corrected chi connectivity index (χ3v) is 7.68. The minimum absolute atomic E-state index is 0. The molecule has 0 radical (unpaired) electrons. The van der Waals surface area contributed by atoms with E-state index >= 15 is 0 Å². The lowest BCUT2D eigenvalue weighted by atomic mass is 9.76. The second kappa shape index (κ2) is 10.5. The Bertz CT molecular complexity index is 1150. The van der Waals surface area contributed by atoms with Crippen molar-refractivity contribution in [3.63, 3.8) is 0 Å². The molecular formula is C25H28Cl2F2N4O3. The summed E-state index contributed by atoms with van der Waals surface area (Å²) in [6, 6.07) is 6.92. The topological polar surface area (TPSA) is 83.6 Å². The van der Waals surface area contributed by atoms with E-state index in [4.69, 9.17) is 16.3 Å². The van der Waals surface area contributed by atoms with Crippen molar-refractivity contribution in [2.24, 2.45) is 5.92 Å². The SMILES string of the molecule is COc1ccc2c(c1)C1(CNC1)C(=O)N2CC1CCC(NC(=O)c2cc(Cl)cnc2C(F)F)CC1.Cl. The fraction of sp³-hybridized carbons (Fsp3) is 0.480. The maximum Gasteiger partial charge on any atom is 0.281 e. The summed E-state index contributed by atoms with van der Waals surface area (Å²) < 4.78 is 31.9. The number of hydrogen-bond acceptors (Lipinski definition) is 5. The number of hydrogen-bond donors (Lipinski definition) is 2. The van der Waals surface area contributed by atoms with Gasteiger partial charge < -0.3 is 20.3 Å². The van der Waals surface area contributed by atoms with Crippen LogP contribution in [-0.4, -0.2) is 49.6 Å². The van der Waals surface area contributed by atoms with Gasteiger partial charge in [-0.1, -0.05) is 11.6 Å². The zero-order valence-electron chi connectivity index (χ0n) is 19.7. The van der Waals surface area contributed by atoms with Crippen molar-refractivity contribution in [2.45, 2.75) is 43.6 Å². The molecule has 1 aromatic carbocycles. The van der Waals surface area contributed by atoms with E-state index < -0.39 is 23.4 Å². The summed E-state index contributed by atoms with van der Waals surface area (Å²) in [4.78, 5) is 31.7. The number of pyridine rings is 1. The van der Waals surface area contributed by atoms with Crippen molar-refractivity contribution in [1.82, 2.24) is 15.6 Å². The third-order valence-electron chi connectivity index (χ3n) is 7.48. The first-order valence-corrected chi connectivity index (χ1v) is 12.2. The minimum atomic E-state index is -2.86. The number of halogens is 4. The molecule has 1 aliphatic carbocycles. The summed E-state index contributed by atoms with van der Waals surface area (Å²) in [5, 5.41) is 6.24. The monoisotopic (exact) mass is 540 g/mol. The van der Waals surface area contributed by atoms with Gasteiger partial charge in [0, 0.05) is 37.6 Å². The molecule has 0 bridgehead atoms. The highest BCUT2D eigenvalue weighted by molar-refractivity contribution is 6.30. The van der Waals surface area contributed by atoms with Crippen molar-refractivity contribution in [2.75, 3.05) is 31.6 Å². The Morgan fingerprint density at radius 1 is 1.28 bits per heavy atom. The number of anilines is 1. The van der Waals surface area contributed by atoms with Crippen molar-refractivity contribution in [1.29, 1.82) is 0 Å². The van der Waals surface area contributed by atoms with Crippen LogP contribution in [0, 0.1) is 5.92 Å². The van der Waals surface area contributed by atoms with Gasteiger partial charge in [-0.05, 0) is 61.4 Å². The number of rotatable bonds is 6. The van der Waals surface area contributed by atoms with E-state index in [0.29, 0.717) is 32.5 Å². The minimum Gasteiger partial charge on any atom is -0.497 e. The van der Waals surface area contributed by atoms with Gasteiger partial charge in [-0.25, -0.2) is 8.78 Å². The molecule has 0 atom stereocenters. The maximum absolute atomic E-state index is 13.4. The Kier molecular flexibility index (Phi) is 7.73. The van der Waals surface area contributed by atoms with Gasteiger partial charge >= 0.3 is 0 Å². The molecule has 5 rings (SSSR count). The zero-order chi connectivity index (χ0) is 24.7. The van der Waals surface area contributed by atoms with E-state index in [0.717, 1.165) is 36.0 Å². The smallest absolute Gasteiger partial charge is 0.281 e. The summed E-state index contributed by atoms with van der Waals surface area (Å²) in [6.07, 6.45) is 1.31. The molecule has 7 nitrogen and oxygen atoms in total. The van der Waals surface area contributed by atoms with Crippen molar-refractivity contribution in [3.8, 4) is 5.75 Å². The van der Waals surface area contributed by atoms with Crippen LogP contribution in [0.25, 0.3) is 0 Å². The fourth-order valence-corrected chi connectivity index (χ4v) is 5.62. The quantitative estimate of drug-likeness (QED) is 0.571. The number of benzene rings is 1. The lowest BCUT2D eigenvalue weighted by molar-refractivity contribution is -0.125. The molecule has 2 aromatic rings. The lowest BCUT2D eigenvalue weighted by Gasteiger charge is -2.38. The van der Waals surface area contributed by atoms with Gasteiger partial charge in [-0.3, -0.25) is 14.6 Å². The third kappa shape index (κ3) is 4.64. The number of alkyl halides is 2. The molecular weight excluding hydrogens is 513 g/mol. The van der Waals surface area contributed by atoms with Crippen molar-refractivity contribution in [3.05, 3.63) is 52.3 Å². The predicted octanol–water partition coefficient (Wildman–Crippen LogP) is 4.28. The Labute approximate surface area is 219 Å². The molecule has 2 amide bonds. The number of nitrogens with one attached hydrogen (secondary N) is 2.